The van der Waals surface area contributed by atoms with Crippen molar-refractivity contribution in [2.45, 2.75) is 58.9 Å². The molecule has 1 aromatic heterocycles. The van der Waals surface area contributed by atoms with E-state index in [1.807, 2.05) is 4.57 Å². The first-order valence-electron chi connectivity index (χ1n) is 6.43. The third-order valence-corrected chi connectivity index (χ3v) is 3.03. The van der Waals surface area contributed by atoms with E-state index in [0.717, 1.165) is 43.0 Å². The van der Waals surface area contributed by atoms with Crippen molar-refractivity contribution in [2.24, 2.45) is 0 Å². The van der Waals surface area contributed by atoms with Crippen LogP contribution in [0.3, 0.4) is 0 Å². The Kier molecular flexibility index (Phi) is 5.09. The second kappa shape index (κ2) is 6.34. The van der Waals surface area contributed by atoms with Gasteiger partial charge in [0, 0.05) is 12.3 Å². The summed E-state index contributed by atoms with van der Waals surface area (Å²) in [5.41, 5.74) is 7.18. The highest BCUT2D eigenvalue weighted by atomic mass is 15.1. The standard InChI is InChI=1S/C14H23N3/c1-5-8-11(4)13-14(15)17(10-7-3)12(16-13)9-6-2/h3,11H,5-6,8-10,15H2,1-2,4H3. The van der Waals surface area contributed by atoms with Crippen LogP contribution in [0.4, 0.5) is 5.82 Å². The van der Waals surface area contributed by atoms with Gasteiger partial charge >= 0.3 is 0 Å². The van der Waals surface area contributed by atoms with Crippen molar-refractivity contribution >= 4 is 5.82 Å². The Hall–Kier alpha value is -1.43. The zero-order chi connectivity index (χ0) is 12.8. The van der Waals surface area contributed by atoms with E-state index in [1.54, 1.807) is 0 Å². The van der Waals surface area contributed by atoms with E-state index >= 15 is 0 Å². The molecular formula is C14H23N3. The molecular weight excluding hydrogens is 210 g/mol. The zero-order valence-corrected chi connectivity index (χ0v) is 11.2. The van der Waals surface area contributed by atoms with Crippen molar-refractivity contribution in [2.75, 3.05) is 5.73 Å². The number of nitrogen functional groups attached to an aromatic ring is 1. The molecule has 0 bridgehead atoms. The molecule has 1 heterocycles. The van der Waals surface area contributed by atoms with Crippen LogP contribution in [0.1, 0.15) is 57.5 Å². The molecule has 17 heavy (non-hydrogen) atoms. The molecule has 2 N–H and O–H groups in total. The number of hydrogen-bond donors (Lipinski definition) is 1. The molecule has 0 saturated heterocycles. The Bertz CT molecular complexity index is 398. The highest BCUT2D eigenvalue weighted by molar-refractivity contribution is 5.41. The molecule has 0 saturated carbocycles. The molecule has 0 amide bonds. The van der Waals surface area contributed by atoms with Crippen LogP contribution in [0.2, 0.25) is 0 Å². The Labute approximate surface area is 104 Å². The van der Waals surface area contributed by atoms with E-state index in [-0.39, 0.29) is 0 Å². The third-order valence-electron chi connectivity index (χ3n) is 3.03. The Morgan fingerprint density at radius 1 is 1.41 bits per heavy atom. The van der Waals surface area contributed by atoms with Crippen LogP contribution in [-0.2, 0) is 13.0 Å². The number of nitrogens with zero attached hydrogens (tertiary/aromatic N) is 2. The largest absolute Gasteiger partial charge is 0.384 e. The minimum absolute atomic E-state index is 0.412. The summed E-state index contributed by atoms with van der Waals surface area (Å²) in [6.07, 6.45) is 9.64. The topological polar surface area (TPSA) is 43.8 Å². The number of anilines is 1. The number of aromatic nitrogens is 2. The van der Waals surface area contributed by atoms with E-state index in [4.69, 9.17) is 12.2 Å². The fraction of sp³-hybridized carbons (Fsp3) is 0.643. The molecule has 3 nitrogen and oxygen atoms in total. The lowest BCUT2D eigenvalue weighted by Gasteiger charge is -2.08. The average Bonchev–Trinajstić information content (AvgIpc) is 2.59. The van der Waals surface area contributed by atoms with Crippen LogP contribution in [0, 0.1) is 12.3 Å². The van der Waals surface area contributed by atoms with Crippen LogP contribution in [0.15, 0.2) is 0 Å². The van der Waals surface area contributed by atoms with Crippen molar-refractivity contribution in [1.82, 2.24) is 9.55 Å². The molecule has 1 rings (SSSR count). The normalized spacial score (nSPS) is 12.4. The van der Waals surface area contributed by atoms with E-state index in [1.165, 1.54) is 0 Å². The van der Waals surface area contributed by atoms with Gasteiger partial charge in [-0.3, -0.25) is 0 Å². The number of terminal acetylenes is 1. The highest BCUT2D eigenvalue weighted by Crippen LogP contribution is 2.26. The number of hydrogen-bond acceptors (Lipinski definition) is 2. The molecule has 0 aromatic carbocycles. The molecule has 0 aliphatic carbocycles. The van der Waals surface area contributed by atoms with Gasteiger partial charge in [0.25, 0.3) is 0 Å². The van der Waals surface area contributed by atoms with Crippen LogP contribution in [0.5, 0.6) is 0 Å². The predicted molar refractivity (Wildman–Crippen MR) is 72.8 cm³/mol. The molecule has 0 spiro atoms. The Balaban J connectivity index is 3.07. The van der Waals surface area contributed by atoms with Crippen molar-refractivity contribution < 1.29 is 0 Å². The van der Waals surface area contributed by atoms with Crippen LogP contribution < -0.4 is 5.73 Å². The van der Waals surface area contributed by atoms with Crippen molar-refractivity contribution in [3.05, 3.63) is 11.5 Å². The van der Waals surface area contributed by atoms with Gasteiger partial charge in [-0.05, 0) is 12.8 Å². The second-order valence-corrected chi connectivity index (χ2v) is 4.53. The van der Waals surface area contributed by atoms with Gasteiger partial charge in [-0.15, -0.1) is 6.42 Å². The lowest BCUT2D eigenvalue weighted by Crippen LogP contribution is -2.07. The van der Waals surface area contributed by atoms with Gasteiger partial charge in [0.15, 0.2) is 0 Å². The summed E-state index contributed by atoms with van der Waals surface area (Å²) in [6.45, 7) is 7.02. The first-order chi connectivity index (χ1) is 8.15. The quantitative estimate of drug-likeness (QED) is 0.768. The molecule has 3 heteroatoms. The number of rotatable bonds is 6. The molecule has 0 radical (unpaired) electrons. The molecule has 0 aliphatic rings. The van der Waals surface area contributed by atoms with Crippen LogP contribution in [0.25, 0.3) is 0 Å². The summed E-state index contributed by atoms with van der Waals surface area (Å²) in [5.74, 6) is 4.85. The molecule has 94 valence electrons. The summed E-state index contributed by atoms with van der Waals surface area (Å²) in [6, 6.07) is 0. The van der Waals surface area contributed by atoms with E-state index in [0.29, 0.717) is 12.5 Å². The molecule has 0 fully saturated rings. The minimum Gasteiger partial charge on any atom is -0.384 e. The van der Waals surface area contributed by atoms with Crippen LogP contribution >= 0.6 is 0 Å². The monoisotopic (exact) mass is 233 g/mol. The molecule has 1 atom stereocenters. The van der Waals surface area contributed by atoms with Crippen LogP contribution in [-0.4, -0.2) is 9.55 Å². The van der Waals surface area contributed by atoms with Gasteiger partial charge in [0.2, 0.25) is 0 Å². The van der Waals surface area contributed by atoms with Gasteiger partial charge in [0.05, 0.1) is 12.2 Å². The van der Waals surface area contributed by atoms with Crippen molar-refractivity contribution in [3.8, 4) is 12.3 Å². The van der Waals surface area contributed by atoms with E-state index in [9.17, 15) is 0 Å². The number of nitrogens with two attached hydrogens (primary N) is 1. The zero-order valence-electron chi connectivity index (χ0n) is 11.2. The lowest BCUT2D eigenvalue weighted by atomic mass is 10.0. The number of imidazole rings is 1. The van der Waals surface area contributed by atoms with Crippen molar-refractivity contribution in [3.63, 3.8) is 0 Å². The fourth-order valence-corrected chi connectivity index (χ4v) is 2.15. The summed E-state index contributed by atoms with van der Waals surface area (Å²) in [5, 5.41) is 0. The second-order valence-electron chi connectivity index (χ2n) is 4.53. The van der Waals surface area contributed by atoms with E-state index in [2.05, 4.69) is 31.7 Å². The molecule has 1 unspecified atom stereocenters. The summed E-state index contributed by atoms with van der Waals surface area (Å²) < 4.78 is 1.98. The fourth-order valence-electron chi connectivity index (χ4n) is 2.15. The SMILES string of the molecule is C#CCn1c(CCC)nc(C(C)CCC)c1N. The summed E-state index contributed by atoms with van der Waals surface area (Å²) in [7, 11) is 0. The predicted octanol–water partition coefficient (Wildman–Crippen LogP) is 2.95. The van der Waals surface area contributed by atoms with Gasteiger partial charge in [0.1, 0.15) is 11.6 Å². The van der Waals surface area contributed by atoms with Gasteiger partial charge in [-0.25, -0.2) is 4.98 Å². The summed E-state index contributed by atoms with van der Waals surface area (Å²) >= 11 is 0. The lowest BCUT2D eigenvalue weighted by molar-refractivity contribution is 0.650. The average molecular weight is 233 g/mol. The van der Waals surface area contributed by atoms with E-state index < -0.39 is 0 Å². The summed E-state index contributed by atoms with van der Waals surface area (Å²) in [4.78, 5) is 4.68. The van der Waals surface area contributed by atoms with Crippen molar-refractivity contribution in [1.29, 1.82) is 0 Å². The highest BCUT2D eigenvalue weighted by Gasteiger charge is 2.17. The van der Waals surface area contributed by atoms with Gasteiger partial charge in [-0.1, -0.05) is 33.1 Å². The first kappa shape index (κ1) is 13.6. The van der Waals surface area contributed by atoms with Gasteiger partial charge < -0.3 is 10.3 Å². The maximum Gasteiger partial charge on any atom is 0.127 e. The third kappa shape index (κ3) is 3.03. The number of aryl methyl sites for hydroxylation is 1. The smallest absolute Gasteiger partial charge is 0.127 e. The Morgan fingerprint density at radius 2 is 2.12 bits per heavy atom. The molecule has 1 aromatic rings. The Morgan fingerprint density at radius 3 is 2.65 bits per heavy atom. The molecule has 0 aliphatic heterocycles. The van der Waals surface area contributed by atoms with Gasteiger partial charge in [-0.2, -0.15) is 0 Å². The maximum absolute atomic E-state index is 6.16. The maximum atomic E-state index is 6.16. The first-order valence-corrected chi connectivity index (χ1v) is 6.43. The minimum atomic E-state index is 0.412.